The van der Waals surface area contributed by atoms with Gasteiger partial charge in [-0.2, -0.15) is 5.10 Å². The summed E-state index contributed by atoms with van der Waals surface area (Å²) in [6, 6.07) is 15.7. The first-order chi connectivity index (χ1) is 12.6. The number of carbonyl (C=O) groups is 1. The summed E-state index contributed by atoms with van der Waals surface area (Å²) in [6.07, 6.45) is 0. The summed E-state index contributed by atoms with van der Waals surface area (Å²) in [7, 11) is 0. The van der Waals surface area contributed by atoms with Gasteiger partial charge in [0, 0.05) is 17.2 Å². The number of hydrogen-bond acceptors (Lipinski definition) is 5. The van der Waals surface area contributed by atoms with E-state index in [2.05, 4.69) is 5.10 Å². The zero-order valence-electron chi connectivity index (χ0n) is 14.1. The van der Waals surface area contributed by atoms with Crippen LogP contribution >= 0.6 is 0 Å². The van der Waals surface area contributed by atoms with Crippen LogP contribution in [0.25, 0.3) is 11.3 Å². The summed E-state index contributed by atoms with van der Waals surface area (Å²) >= 11 is 0. The number of carbonyl (C=O) groups excluding carboxylic acids is 1. The zero-order valence-corrected chi connectivity index (χ0v) is 14.1. The third-order valence-corrected chi connectivity index (χ3v) is 4.20. The van der Waals surface area contributed by atoms with Gasteiger partial charge in [0.15, 0.2) is 17.3 Å². The Labute approximate surface area is 149 Å². The number of fused-ring (bicyclic) bond motifs is 1. The van der Waals surface area contributed by atoms with Gasteiger partial charge in [0.05, 0.1) is 5.69 Å². The van der Waals surface area contributed by atoms with Crippen molar-refractivity contribution in [3.63, 3.8) is 0 Å². The van der Waals surface area contributed by atoms with Gasteiger partial charge >= 0.3 is 0 Å². The molecular formula is C20H16N2O4. The molecule has 0 bridgehead atoms. The molecule has 2 aromatic carbocycles. The number of aryl methyl sites for hydroxylation is 1. The predicted molar refractivity (Wildman–Crippen MR) is 95.6 cm³/mol. The van der Waals surface area contributed by atoms with Crippen LogP contribution in [0, 0.1) is 6.92 Å². The minimum Gasteiger partial charge on any atom is -0.454 e. The van der Waals surface area contributed by atoms with E-state index in [1.807, 2.05) is 25.1 Å². The van der Waals surface area contributed by atoms with E-state index in [0.29, 0.717) is 22.8 Å². The summed E-state index contributed by atoms with van der Waals surface area (Å²) in [5, 5.41) is 4.34. The smallest absolute Gasteiger partial charge is 0.267 e. The van der Waals surface area contributed by atoms with E-state index in [0.717, 1.165) is 11.1 Å². The molecule has 0 saturated heterocycles. The van der Waals surface area contributed by atoms with Gasteiger partial charge in [-0.3, -0.25) is 9.59 Å². The lowest BCUT2D eigenvalue weighted by atomic mass is 10.1. The second-order valence-electron chi connectivity index (χ2n) is 6.07. The molecule has 130 valence electrons. The number of aromatic nitrogens is 2. The number of rotatable bonds is 4. The van der Waals surface area contributed by atoms with Crippen molar-refractivity contribution in [3.05, 3.63) is 76.1 Å². The molecule has 1 aliphatic heterocycles. The molecule has 0 amide bonds. The first-order valence-electron chi connectivity index (χ1n) is 8.18. The molecule has 1 aromatic heterocycles. The van der Waals surface area contributed by atoms with Crippen molar-refractivity contribution < 1.29 is 14.3 Å². The number of nitrogens with zero attached hydrogens (tertiary/aromatic N) is 2. The maximum Gasteiger partial charge on any atom is 0.267 e. The van der Waals surface area contributed by atoms with Crippen LogP contribution in [0.15, 0.2) is 59.4 Å². The van der Waals surface area contributed by atoms with Crippen molar-refractivity contribution in [2.45, 2.75) is 13.5 Å². The third kappa shape index (κ3) is 3.09. The van der Waals surface area contributed by atoms with Gasteiger partial charge in [-0.25, -0.2) is 4.68 Å². The molecule has 6 heteroatoms. The van der Waals surface area contributed by atoms with Crippen molar-refractivity contribution >= 4 is 5.78 Å². The van der Waals surface area contributed by atoms with Crippen LogP contribution in [0.4, 0.5) is 0 Å². The van der Waals surface area contributed by atoms with Crippen molar-refractivity contribution in [2.75, 3.05) is 6.79 Å². The first kappa shape index (κ1) is 16.1. The van der Waals surface area contributed by atoms with Gasteiger partial charge in [0.1, 0.15) is 6.54 Å². The molecule has 2 heterocycles. The highest BCUT2D eigenvalue weighted by Gasteiger charge is 2.15. The van der Waals surface area contributed by atoms with Crippen LogP contribution in [-0.4, -0.2) is 22.4 Å². The van der Waals surface area contributed by atoms with E-state index in [9.17, 15) is 9.59 Å². The molecule has 0 aliphatic carbocycles. The quantitative estimate of drug-likeness (QED) is 0.678. The molecule has 26 heavy (non-hydrogen) atoms. The van der Waals surface area contributed by atoms with Crippen molar-refractivity contribution in [3.8, 4) is 22.8 Å². The second kappa shape index (κ2) is 6.48. The van der Waals surface area contributed by atoms with Gasteiger partial charge in [0.25, 0.3) is 5.56 Å². The van der Waals surface area contributed by atoms with Gasteiger partial charge in [-0.05, 0) is 31.2 Å². The lowest BCUT2D eigenvalue weighted by molar-refractivity contribution is 0.0966. The van der Waals surface area contributed by atoms with Crippen LogP contribution in [0.2, 0.25) is 0 Å². The van der Waals surface area contributed by atoms with Crippen molar-refractivity contribution in [2.24, 2.45) is 0 Å². The molecule has 0 spiro atoms. The van der Waals surface area contributed by atoms with E-state index in [-0.39, 0.29) is 24.7 Å². The van der Waals surface area contributed by atoms with Crippen LogP contribution in [0.3, 0.4) is 0 Å². The van der Waals surface area contributed by atoms with E-state index >= 15 is 0 Å². The van der Waals surface area contributed by atoms with E-state index in [1.165, 1.54) is 10.7 Å². The largest absolute Gasteiger partial charge is 0.454 e. The maximum absolute atomic E-state index is 12.4. The maximum atomic E-state index is 12.4. The fourth-order valence-corrected chi connectivity index (χ4v) is 2.74. The normalized spacial score (nSPS) is 12.2. The Morgan fingerprint density at radius 3 is 2.62 bits per heavy atom. The molecule has 0 radical (unpaired) electrons. The van der Waals surface area contributed by atoms with Gasteiger partial charge in [0.2, 0.25) is 6.79 Å². The minimum atomic E-state index is -0.324. The summed E-state index contributed by atoms with van der Waals surface area (Å²) < 4.78 is 11.9. The highest BCUT2D eigenvalue weighted by atomic mass is 16.7. The van der Waals surface area contributed by atoms with Gasteiger partial charge in [-0.15, -0.1) is 0 Å². The third-order valence-electron chi connectivity index (χ3n) is 4.20. The van der Waals surface area contributed by atoms with Crippen LogP contribution in [0.1, 0.15) is 15.9 Å². The molecule has 0 N–H and O–H groups in total. The molecule has 6 nitrogen and oxygen atoms in total. The van der Waals surface area contributed by atoms with Gasteiger partial charge in [-0.1, -0.05) is 29.8 Å². The van der Waals surface area contributed by atoms with E-state index in [4.69, 9.17) is 9.47 Å². The molecule has 0 fully saturated rings. The fraction of sp³-hybridized carbons (Fsp3) is 0.150. The number of Topliss-reactive ketones (excluding diaryl/α,β-unsaturated/α-hetero) is 1. The molecule has 1 aliphatic rings. The highest BCUT2D eigenvalue weighted by Crippen LogP contribution is 2.35. The summed E-state index contributed by atoms with van der Waals surface area (Å²) in [4.78, 5) is 24.6. The van der Waals surface area contributed by atoms with Gasteiger partial charge < -0.3 is 9.47 Å². The Morgan fingerprint density at radius 1 is 1.04 bits per heavy atom. The predicted octanol–water partition coefficient (Wildman–Crippen LogP) is 2.83. The lowest BCUT2D eigenvalue weighted by Gasteiger charge is -2.08. The highest BCUT2D eigenvalue weighted by molar-refractivity contribution is 5.95. The Hall–Kier alpha value is -3.41. The second-order valence-corrected chi connectivity index (χ2v) is 6.07. The average molecular weight is 348 g/mol. The molecule has 0 atom stereocenters. The Balaban J connectivity index is 1.63. The first-order valence-corrected chi connectivity index (χ1v) is 8.18. The Kier molecular flexibility index (Phi) is 4.01. The molecule has 0 unspecified atom stereocenters. The van der Waals surface area contributed by atoms with Crippen LogP contribution < -0.4 is 15.0 Å². The minimum absolute atomic E-state index is 0.111. The van der Waals surface area contributed by atoms with E-state index in [1.54, 1.807) is 30.3 Å². The standard InChI is InChI=1S/C20H16N2O4/c1-13-2-4-14(5-3-13)17(23)11-22-20(24)9-7-16(21-22)15-6-8-18-19(10-15)26-12-25-18/h2-10H,11-12H2,1H3. The molecule has 4 rings (SSSR count). The average Bonchev–Trinajstić information content (AvgIpc) is 3.12. The van der Waals surface area contributed by atoms with Crippen molar-refractivity contribution in [1.82, 2.24) is 9.78 Å². The zero-order chi connectivity index (χ0) is 18.1. The topological polar surface area (TPSA) is 70.4 Å². The number of ether oxygens (including phenoxy) is 2. The number of benzene rings is 2. The Morgan fingerprint density at radius 2 is 1.81 bits per heavy atom. The van der Waals surface area contributed by atoms with E-state index < -0.39 is 0 Å². The molecular weight excluding hydrogens is 332 g/mol. The Bertz CT molecular complexity index is 1040. The van der Waals surface area contributed by atoms with Crippen LogP contribution in [-0.2, 0) is 6.54 Å². The van der Waals surface area contributed by atoms with Crippen LogP contribution in [0.5, 0.6) is 11.5 Å². The summed E-state index contributed by atoms with van der Waals surface area (Å²) in [6.45, 7) is 2.03. The molecule has 3 aromatic rings. The SMILES string of the molecule is Cc1ccc(C(=O)Cn2nc(-c3ccc4c(c3)OCO4)ccc2=O)cc1. The number of hydrogen-bond donors (Lipinski definition) is 0. The summed E-state index contributed by atoms with van der Waals surface area (Å²) in [5.74, 6) is 1.15. The number of ketones is 1. The van der Waals surface area contributed by atoms with Crippen molar-refractivity contribution in [1.29, 1.82) is 0 Å². The lowest BCUT2D eigenvalue weighted by Crippen LogP contribution is -2.26. The molecule has 0 saturated carbocycles. The summed E-state index contributed by atoms with van der Waals surface area (Å²) in [5.41, 5.74) is 2.67. The fourth-order valence-electron chi connectivity index (χ4n) is 2.74. The monoisotopic (exact) mass is 348 g/mol.